The van der Waals surface area contributed by atoms with E-state index < -0.39 is 0 Å². The normalized spacial score (nSPS) is 26.1. The molecule has 2 saturated heterocycles. The Labute approximate surface area is 79.0 Å². The van der Waals surface area contributed by atoms with E-state index in [2.05, 4.69) is 18.5 Å². The Hall–Kier alpha value is -0.830. The van der Waals surface area contributed by atoms with Crippen molar-refractivity contribution in [2.24, 2.45) is 5.41 Å². The van der Waals surface area contributed by atoms with E-state index in [1.165, 1.54) is 19.0 Å². The molecule has 0 saturated carbocycles. The van der Waals surface area contributed by atoms with Crippen molar-refractivity contribution in [1.82, 2.24) is 9.80 Å². The summed E-state index contributed by atoms with van der Waals surface area (Å²) in [5.41, 5.74) is 0.424. The summed E-state index contributed by atoms with van der Waals surface area (Å²) in [5, 5.41) is 0. The lowest BCUT2D eigenvalue weighted by atomic mass is 9.79. The molecule has 0 N–H and O–H groups in total. The molecule has 0 aromatic heterocycles. The second-order valence-electron chi connectivity index (χ2n) is 4.39. The average Bonchev–Trinajstić information content (AvgIpc) is 2.43. The SMILES string of the molecule is C=CC(=O)N1CC2(CCN(C)C2)C1. The largest absolute Gasteiger partial charge is 0.338 e. The predicted molar refractivity (Wildman–Crippen MR) is 51.3 cm³/mol. The Morgan fingerprint density at radius 1 is 1.46 bits per heavy atom. The van der Waals surface area contributed by atoms with Crippen LogP contribution in [0.5, 0.6) is 0 Å². The molecule has 2 heterocycles. The van der Waals surface area contributed by atoms with Crippen molar-refractivity contribution in [3.05, 3.63) is 12.7 Å². The molecule has 0 unspecified atom stereocenters. The van der Waals surface area contributed by atoms with Gasteiger partial charge in [0.05, 0.1) is 0 Å². The molecule has 2 fully saturated rings. The minimum absolute atomic E-state index is 0.0835. The van der Waals surface area contributed by atoms with Crippen LogP contribution >= 0.6 is 0 Å². The van der Waals surface area contributed by atoms with Crippen LogP contribution in [0.3, 0.4) is 0 Å². The van der Waals surface area contributed by atoms with Gasteiger partial charge in [-0.15, -0.1) is 0 Å². The third kappa shape index (κ3) is 1.37. The molecule has 0 bridgehead atoms. The maximum Gasteiger partial charge on any atom is 0.245 e. The van der Waals surface area contributed by atoms with Gasteiger partial charge in [0.25, 0.3) is 0 Å². The summed E-state index contributed by atoms with van der Waals surface area (Å²) in [6, 6.07) is 0. The van der Waals surface area contributed by atoms with Crippen molar-refractivity contribution in [2.45, 2.75) is 6.42 Å². The van der Waals surface area contributed by atoms with E-state index in [0.717, 1.165) is 19.6 Å². The van der Waals surface area contributed by atoms with E-state index in [1.807, 2.05) is 4.90 Å². The van der Waals surface area contributed by atoms with Crippen molar-refractivity contribution in [3.8, 4) is 0 Å². The Morgan fingerprint density at radius 3 is 2.62 bits per heavy atom. The molecule has 3 nitrogen and oxygen atoms in total. The summed E-state index contributed by atoms with van der Waals surface area (Å²) in [7, 11) is 2.15. The van der Waals surface area contributed by atoms with Crippen molar-refractivity contribution >= 4 is 5.91 Å². The fraction of sp³-hybridized carbons (Fsp3) is 0.700. The van der Waals surface area contributed by atoms with E-state index in [4.69, 9.17) is 0 Å². The van der Waals surface area contributed by atoms with Gasteiger partial charge in [-0.1, -0.05) is 6.58 Å². The maximum absolute atomic E-state index is 11.2. The van der Waals surface area contributed by atoms with Crippen LogP contribution in [0.1, 0.15) is 6.42 Å². The van der Waals surface area contributed by atoms with Crippen LogP contribution in [-0.4, -0.2) is 48.9 Å². The van der Waals surface area contributed by atoms with Gasteiger partial charge in [-0.2, -0.15) is 0 Å². The number of amides is 1. The number of carbonyl (C=O) groups is 1. The van der Waals surface area contributed by atoms with Crippen LogP contribution < -0.4 is 0 Å². The lowest BCUT2D eigenvalue weighted by molar-refractivity contribution is -0.137. The molecule has 0 radical (unpaired) electrons. The number of hydrogen-bond acceptors (Lipinski definition) is 2. The summed E-state index contributed by atoms with van der Waals surface area (Å²) < 4.78 is 0. The second kappa shape index (κ2) is 2.84. The van der Waals surface area contributed by atoms with Crippen LogP contribution in [0.25, 0.3) is 0 Å². The molecule has 0 aromatic rings. The fourth-order valence-corrected chi connectivity index (χ4v) is 2.47. The number of hydrogen-bond donors (Lipinski definition) is 0. The molecule has 2 rings (SSSR count). The van der Waals surface area contributed by atoms with Crippen LogP contribution in [0.2, 0.25) is 0 Å². The monoisotopic (exact) mass is 180 g/mol. The first-order valence-electron chi connectivity index (χ1n) is 4.75. The topological polar surface area (TPSA) is 23.6 Å². The van der Waals surface area contributed by atoms with Crippen molar-refractivity contribution < 1.29 is 4.79 Å². The van der Waals surface area contributed by atoms with E-state index in [1.54, 1.807) is 0 Å². The van der Waals surface area contributed by atoms with Gasteiger partial charge in [-0.3, -0.25) is 4.79 Å². The smallest absolute Gasteiger partial charge is 0.245 e. The lowest BCUT2D eigenvalue weighted by Gasteiger charge is -2.47. The molecule has 0 aliphatic carbocycles. The summed E-state index contributed by atoms with van der Waals surface area (Å²) in [5.74, 6) is 0.0835. The molecule has 72 valence electrons. The highest BCUT2D eigenvalue weighted by Crippen LogP contribution is 2.38. The van der Waals surface area contributed by atoms with E-state index >= 15 is 0 Å². The molecule has 1 amide bonds. The first-order valence-corrected chi connectivity index (χ1v) is 4.75. The Bertz CT molecular complexity index is 243. The van der Waals surface area contributed by atoms with Gasteiger partial charge < -0.3 is 9.80 Å². The number of likely N-dealkylation sites (tertiary alicyclic amines) is 2. The zero-order valence-corrected chi connectivity index (χ0v) is 8.12. The highest BCUT2D eigenvalue weighted by molar-refractivity contribution is 5.87. The van der Waals surface area contributed by atoms with Crippen LogP contribution in [-0.2, 0) is 4.79 Å². The van der Waals surface area contributed by atoms with E-state index in [9.17, 15) is 4.79 Å². The van der Waals surface area contributed by atoms with Gasteiger partial charge in [0.15, 0.2) is 0 Å². The van der Waals surface area contributed by atoms with Gasteiger partial charge in [-0.25, -0.2) is 0 Å². The van der Waals surface area contributed by atoms with Crippen molar-refractivity contribution in [3.63, 3.8) is 0 Å². The fourth-order valence-electron chi connectivity index (χ4n) is 2.47. The predicted octanol–water partition coefficient (Wildman–Crippen LogP) is 0.337. The Balaban J connectivity index is 1.90. The van der Waals surface area contributed by atoms with Gasteiger partial charge in [0, 0.05) is 25.0 Å². The van der Waals surface area contributed by atoms with Gasteiger partial charge in [0.2, 0.25) is 5.91 Å². The Kier molecular flexibility index (Phi) is 1.91. The third-order valence-corrected chi connectivity index (χ3v) is 3.17. The average molecular weight is 180 g/mol. The molecular weight excluding hydrogens is 164 g/mol. The number of carbonyl (C=O) groups excluding carboxylic acids is 1. The van der Waals surface area contributed by atoms with Crippen LogP contribution in [0, 0.1) is 5.41 Å². The summed E-state index contributed by atoms with van der Waals surface area (Å²) in [4.78, 5) is 15.4. The summed E-state index contributed by atoms with van der Waals surface area (Å²) in [6.07, 6.45) is 2.65. The zero-order valence-electron chi connectivity index (χ0n) is 8.12. The third-order valence-electron chi connectivity index (χ3n) is 3.17. The first kappa shape index (κ1) is 8.75. The lowest BCUT2D eigenvalue weighted by Crippen LogP contribution is -2.58. The molecule has 0 aromatic carbocycles. The van der Waals surface area contributed by atoms with Crippen molar-refractivity contribution in [2.75, 3.05) is 33.2 Å². The summed E-state index contributed by atoms with van der Waals surface area (Å²) >= 11 is 0. The molecule has 0 atom stereocenters. The zero-order chi connectivity index (χ0) is 9.47. The first-order chi connectivity index (χ1) is 6.15. The number of rotatable bonds is 1. The van der Waals surface area contributed by atoms with Crippen molar-refractivity contribution in [1.29, 1.82) is 0 Å². The van der Waals surface area contributed by atoms with Crippen LogP contribution in [0.4, 0.5) is 0 Å². The minimum atomic E-state index is 0.0835. The van der Waals surface area contributed by atoms with Gasteiger partial charge in [0.1, 0.15) is 0 Å². The van der Waals surface area contributed by atoms with Gasteiger partial charge in [-0.05, 0) is 26.1 Å². The Morgan fingerprint density at radius 2 is 2.15 bits per heavy atom. The second-order valence-corrected chi connectivity index (χ2v) is 4.39. The molecular formula is C10H16N2O. The quantitative estimate of drug-likeness (QED) is 0.543. The van der Waals surface area contributed by atoms with Crippen LogP contribution in [0.15, 0.2) is 12.7 Å². The molecule has 2 aliphatic heterocycles. The molecule has 1 spiro atoms. The van der Waals surface area contributed by atoms with E-state index in [0.29, 0.717) is 5.41 Å². The molecule has 13 heavy (non-hydrogen) atoms. The molecule has 2 aliphatic rings. The maximum atomic E-state index is 11.2. The summed E-state index contributed by atoms with van der Waals surface area (Å²) in [6.45, 7) is 7.68. The standard InChI is InChI=1S/C10H16N2O/c1-3-9(13)12-7-10(8-12)4-5-11(2)6-10/h3H,1,4-8H2,2H3. The molecule has 3 heteroatoms. The highest BCUT2D eigenvalue weighted by atomic mass is 16.2. The van der Waals surface area contributed by atoms with Gasteiger partial charge >= 0.3 is 0 Å². The van der Waals surface area contributed by atoms with E-state index in [-0.39, 0.29) is 5.91 Å². The minimum Gasteiger partial charge on any atom is -0.338 e. The number of nitrogens with zero attached hydrogens (tertiary/aromatic N) is 2. The highest BCUT2D eigenvalue weighted by Gasteiger charge is 2.47.